The van der Waals surface area contributed by atoms with E-state index in [1.165, 1.54) is 13.2 Å². The Morgan fingerprint density at radius 1 is 1.41 bits per heavy atom. The van der Waals surface area contributed by atoms with Crippen LogP contribution < -0.4 is 20.1 Å². The molecule has 7 heteroatoms. The number of terminal acetylenes is 1. The molecule has 1 aromatic carbocycles. The van der Waals surface area contributed by atoms with Crippen LogP contribution in [-0.2, 0) is 6.54 Å². The first-order chi connectivity index (χ1) is 10.6. The number of halogens is 2. The monoisotopic (exact) mass is 311 g/mol. The zero-order valence-corrected chi connectivity index (χ0v) is 12.5. The van der Waals surface area contributed by atoms with Crippen molar-refractivity contribution in [2.75, 3.05) is 20.2 Å². The van der Waals surface area contributed by atoms with Gasteiger partial charge in [-0.1, -0.05) is 5.92 Å². The molecule has 0 aromatic heterocycles. The minimum atomic E-state index is -2.90. The number of alkyl halides is 2. The molecule has 0 spiro atoms. The molecule has 0 radical (unpaired) electrons. The smallest absolute Gasteiger partial charge is 0.387 e. The molecule has 0 aliphatic heterocycles. The average molecular weight is 311 g/mol. The lowest BCUT2D eigenvalue weighted by Gasteiger charge is -2.12. The second-order valence-electron chi connectivity index (χ2n) is 4.10. The maximum Gasteiger partial charge on any atom is 0.387 e. The molecule has 0 bridgehead atoms. The van der Waals surface area contributed by atoms with Gasteiger partial charge in [-0.25, -0.2) is 4.99 Å². The SMILES string of the molecule is C#CCNC(=NCc1cc(OC)ccc1OC(F)F)NCC. The van der Waals surface area contributed by atoms with E-state index in [-0.39, 0.29) is 12.3 Å². The zero-order valence-electron chi connectivity index (χ0n) is 12.5. The summed E-state index contributed by atoms with van der Waals surface area (Å²) in [5.41, 5.74) is 0.484. The maximum atomic E-state index is 12.4. The molecule has 0 aliphatic rings. The van der Waals surface area contributed by atoms with Gasteiger partial charge in [-0.3, -0.25) is 0 Å². The van der Waals surface area contributed by atoms with Gasteiger partial charge in [0, 0.05) is 12.1 Å². The Hall–Kier alpha value is -2.49. The fourth-order valence-electron chi connectivity index (χ4n) is 1.66. The quantitative estimate of drug-likeness (QED) is 0.459. The lowest BCUT2D eigenvalue weighted by molar-refractivity contribution is -0.0504. The van der Waals surface area contributed by atoms with Crippen LogP contribution in [0.1, 0.15) is 12.5 Å². The molecule has 0 heterocycles. The number of guanidine groups is 1. The molecule has 0 saturated carbocycles. The van der Waals surface area contributed by atoms with Crippen molar-refractivity contribution in [1.29, 1.82) is 0 Å². The second kappa shape index (κ2) is 9.45. The first-order valence-corrected chi connectivity index (χ1v) is 6.68. The molecule has 0 aliphatic carbocycles. The average Bonchev–Trinajstić information content (AvgIpc) is 2.50. The van der Waals surface area contributed by atoms with Crippen LogP contribution in [0.5, 0.6) is 11.5 Å². The molecule has 22 heavy (non-hydrogen) atoms. The van der Waals surface area contributed by atoms with E-state index in [1.807, 2.05) is 6.92 Å². The summed E-state index contributed by atoms with van der Waals surface area (Å²) >= 11 is 0. The third-order valence-electron chi connectivity index (χ3n) is 2.59. The van der Waals surface area contributed by atoms with Gasteiger partial charge in [0.2, 0.25) is 0 Å². The number of methoxy groups -OCH3 is 1. The van der Waals surface area contributed by atoms with E-state index < -0.39 is 6.61 Å². The van der Waals surface area contributed by atoms with Gasteiger partial charge >= 0.3 is 6.61 Å². The highest BCUT2D eigenvalue weighted by Crippen LogP contribution is 2.26. The van der Waals surface area contributed by atoms with Crippen molar-refractivity contribution in [3.63, 3.8) is 0 Å². The van der Waals surface area contributed by atoms with Crippen LogP contribution >= 0.6 is 0 Å². The van der Waals surface area contributed by atoms with E-state index in [2.05, 4.69) is 26.3 Å². The molecule has 5 nitrogen and oxygen atoms in total. The Morgan fingerprint density at radius 2 is 2.18 bits per heavy atom. The predicted molar refractivity (Wildman–Crippen MR) is 81.3 cm³/mol. The van der Waals surface area contributed by atoms with Gasteiger partial charge in [0.25, 0.3) is 0 Å². The lowest BCUT2D eigenvalue weighted by Crippen LogP contribution is -2.37. The molecule has 0 unspecified atom stereocenters. The summed E-state index contributed by atoms with van der Waals surface area (Å²) < 4.78 is 34.4. The van der Waals surface area contributed by atoms with Crippen molar-refractivity contribution < 1.29 is 18.3 Å². The minimum absolute atomic E-state index is 0.0624. The Morgan fingerprint density at radius 3 is 2.77 bits per heavy atom. The number of ether oxygens (including phenoxy) is 2. The predicted octanol–water partition coefficient (Wildman–Crippen LogP) is 1.98. The van der Waals surface area contributed by atoms with E-state index in [9.17, 15) is 8.78 Å². The highest BCUT2D eigenvalue weighted by Gasteiger charge is 2.11. The van der Waals surface area contributed by atoms with E-state index in [1.54, 1.807) is 12.1 Å². The summed E-state index contributed by atoms with van der Waals surface area (Å²) in [6.07, 6.45) is 5.18. The van der Waals surface area contributed by atoms with Crippen LogP contribution in [0, 0.1) is 12.3 Å². The van der Waals surface area contributed by atoms with E-state index >= 15 is 0 Å². The van der Waals surface area contributed by atoms with Crippen LogP contribution in [0.4, 0.5) is 8.78 Å². The van der Waals surface area contributed by atoms with Crippen LogP contribution in [0.3, 0.4) is 0 Å². The molecule has 0 amide bonds. The Bertz CT molecular complexity index is 542. The van der Waals surface area contributed by atoms with Gasteiger partial charge in [-0.15, -0.1) is 6.42 Å². The van der Waals surface area contributed by atoms with Crippen LogP contribution in [0.2, 0.25) is 0 Å². The molecular formula is C15H19F2N3O2. The number of rotatable bonds is 7. The second-order valence-corrected chi connectivity index (χ2v) is 4.10. The normalized spacial score (nSPS) is 11.0. The first kappa shape index (κ1) is 17.6. The summed E-state index contributed by atoms with van der Waals surface area (Å²) in [4.78, 5) is 4.28. The fourth-order valence-corrected chi connectivity index (χ4v) is 1.66. The highest BCUT2D eigenvalue weighted by molar-refractivity contribution is 5.80. The van der Waals surface area contributed by atoms with Crippen molar-refractivity contribution in [2.24, 2.45) is 4.99 Å². The standard InChI is InChI=1S/C15H19F2N3O2/c1-4-8-19-15(18-5-2)20-10-11-9-12(21-3)6-7-13(11)22-14(16)17/h1,6-7,9,14H,5,8,10H2,2-3H3,(H2,18,19,20). The van der Waals surface area contributed by atoms with Crippen molar-refractivity contribution in [3.8, 4) is 23.8 Å². The lowest BCUT2D eigenvalue weighted by atomic mass is 10.2. The molecule has 1 aromatic rings. The van der Waals surface area contributed by atoms with Crippen LogP contribution in [-0.4, -0.2) is 32.8 Å². The molecule has 0 atom stereocenters. The van der Waals surface area contributed by atoms with Crippen molar-refractivity contribution >= 4 is 5.96 Å². The number of benzene rings is 1. The molecule has 2 N–H and O–H groups in total. The number of hydrogen-bond donors (Lipinski definition) is 2. The third kappa shape index (κ3) is 5.87. The number of nitrogens with zero attached hydrogens (tertiary/aromatic N) is 1. The number of aliphatic imine (C=N–C) groups is 1. The summed E-state index contributed by atoms with van der Waals surface area (Å²) in [6.45, 7) is 0.103. The van der Waals surface area contributed by atoms with E-state index in [4.69, 9.17) is 11.2 Å². The van der Waals surface area contributed by atoms with Crippen LogP contribution in [0.15, 0.2) is 23.2 Å². The summed E-state index contributed by atoms with van der Waals surface area (Å²) in [7, 11) is 1.49. The molecule has 0 fully saturated rings. The maximum absolute atomic E-state index is 12.4. The van der Waals surface area contributed by atoms with Gasteiger partial charge in [-0.05, 0) is 25.1 Å². The Labute approximate surface area is 128 Å². The zero-order chi connectivity index (χ0) is 16.4. The van der Waals surface area contributed by atoms with Gasteiger partial charge in [0.15, 0.2) is 5.96 Å². The van der Waals surface area contributed by atoms with Crippen LogP contribution in [0.25, 0.3) is 0 Å². The van der Waals surface area contributed by atoms with Gasteiger partial charge in [0.1, 0.15) is 11.5 Å². The molecule has 0 saturated heterocycles. The number of hydrogen-bond acceptors (Lipinski definition) is 3. The Balaban J connectivity index is 2.94. The topological polar surface area (TPSA) is 54.9 Å². The van der Waals surface area contributed by atoms with Crippen molar-refractivity contribution in [1.82, 2.24) is 10.6 Å². The first-order valence-electron chi connectivity index (χ1n) is 6.68. The summed E-state index contributed by atoms with van der Waals surface area (Å²) in [6, 6.07) is 4.58. The minimum Gasteiger partial charge on any atom is -0.497 e. The van der Waals surface area contributed by atoms with E-state index in [0.717, 1.165) is 0 Å². The van der Waals surface area contributed by atoms with Gasteiger partial charge < -0.3 is 20.1 Å². The number of nitrogens with one attached hydrogen (secondary N) is 2. The van der Waals surface area contributed by atoms with Gasteiger partial charge in [-0.2, -0.15) is 8.78 Å². The highest BCUT2D eigenvalue weighted by atomic mass is 19.3. The van der Waals surface area contributed by atoms with Crippen molar-refractivity contribution in [3.05, 3.63) is 23.8 Å². The third-order valence-corrected chi connectivity index (χ3v) is 2.59. The summed E-state index contributed by atoms with van der Waals surface area (Å²) in [5.74, 6) is 3.52. The van der Waals surface area contributed by atoms with Crippen molar-refractivity contribution in [2.45, 2.75) is 20.1 Å². The molecular weight excluding hydrogens is 292 g/mol. The molecule has 120 valence electrons. The van der Waals surface area contributed by atoms with Gasteiger partial charge in [0.05, 0.1) is 20.2 Å². The fraction of sp³-hybridized carbons (Fsp3) is 0.400. The Kier molecular flexibility index (Phi) is 7.54. The summed E-state index contributed by atoms with van der Waals surface area (Å²) in [5, 5.41) is 5.91. The van der Waals surface area contributed by atoms with E-state index in [0.29, 0.717) is 30.4 Å². The molecule has 1 rings (SSSR count). The largest absolute Gasteiger partial charge is 0.497 e.